The van der Waals surface area contributed by atoms with Gasteiger partial charge in [0.2, 0.25) is 5.88 Å². The lowest BCUT2D eigenvalue weighted by molar-refractivity contribution is 0.417. The fourth-order valence-corrected chi connectivity index (χ4v) is 3.35. The van der Waals surface area contributed by atoms with Crippen molar-refractivity contribution in [3.8, 4) is 11.6 Å². The number of hydrogen-bond acceptors (Lipinski definition) is 3. The zero-order valence-electron chi connectivity index (χ0n) is 15.0. The van der Waals surface area contributed by atoms with Gasteiger partial charge in [-0.1, -0.05) is 25.1 Å². The molecule has 0 atom stereocenters. The number of nitrogens with one attached hydrogen (secondary N) is 1. The number of nitrogens with zero attached hydrogens (tertiary/aromatic N) is 1. The molecule has 0 bridgehead atoms. The van der Waals surface area contributed by atoms with Crippen LogP contribution >= 0.6 is 0 Å². The van der Waals surface area contributed by atoms with E-state index in [1.165, 1.54) is 4.57 Å². The molecular formula is C20H24N2O3. The lowest BCUT2D eigenvalue weighted by Gasteiger charge is -2.15. The van der Waals surface area contributed by atoms with Crippen LogP contribution in [0.4, 0.5) is 0 Å². The highest BCUT2D eigenvalue weighted by Gasteiger charge is 2.18. The molecule has 25 heavy (non-hydrogen) atoms. The third-order valence-electron chi connectivity index (χ3n) is 4.56. The van der Waals surface area contributed by atoms with E-state index in [1.807, 2.05) is 39.0 Å². The Bertz CT molecular complexity index is 893. The van der Waals surface area contributed by atoms with E-state index in [2.05, 4.69) is 17.1 Å². The number of ether oxygens (including phenoxy) is 1. The van der Waals surface area contributed by atoms with Gasteiger partial charge in [0.25, 0.3) is 5.56 Å². The lowest BCUT2D eigenvalue weighted by atomic mass is 10.1. The third-order valence-corrected chi connectivity index (χ3v) is 4.56. The predicted octanol–water partition coefficient (Wildman–Crippen LogP) is 3.47. The van der Waals surface area contributed by atoms with Gasteiger partial charge in [-0.3, -0.25) is 14.3 Å². The Kier molecular flexibility index (Phi) is 4.93. The smallest absolute Gasteiger partial charge is 0.331 e. The molecule has 3 rings (SSSR count). The number of aromatic amines is 1. The van der Waals surface area contributed by atoms with Crippen LogP contribution in [0.3, 0.4) is 0 Å². The van der Waals surface area contributed by atoms with Crippen molar-refractivity contribution >= 4 is 0 Å². The first kappa shape index (κ1) is 17.3. The Hall–Kier alpha value is -2.56. The van der Waals surface area contributed by atoms with Gasteiger partial charge in [0, 0.05) is 6.54 Å². The second-order valence-corrected chi connectivity index (χ2v) is 6.74. The van der Waals surface area contributed by atoms with Gasteiger partial charge in [-0.2, -0.15) is 0 Å². The average molecular weight is 340 g/mol. The molecule has 0 aliphatic heterocycles. The predicted molar refractivity (Wildman–Crippen MR) is 98.6 cm³/mol. The molecule has 5 nitrogen and oxygen atoms in total. The number of allylic oxidation sites excluding steroid dienone is 2. The maximum absolute atomic E-state index is 12.8. The van der Waals surface area contributed by atoms with Crippen molar-refractivity contribution in [1.82, 2.24) is 9.55 Å². The number of H-pyrrole nitrogens is 1. The summed E-state index contributed by atoms with van der Waals surface area (Å²) in [5, 5.41) is 0. The molecule has 0 spiro atoms. The van der Waals surface area contributed by atoms with Crippen molar-refractivity contribution in [3.63, 3.8) is 0 Å². The van der Waals surface area contributed by atoms with Gasteiger partial charge in [0.05, 0.1) is 5.56 Å². The van der Waals surface area contributed by atoms with Crippen LogP contribution in [0.1, 0.15) is 36.5 Å². The Morgan fingerprint density at radius 2 is 1.76 bits per heavy atom. The third kappa shape index (κ3) is 3.76. The van der Waals surface area contributed by atoms with Gasteiger partial charge < -0.3 is 4.74 Å². The minimum absolute atomic E-state index is 0.252. The summed E-state index contributed by atoms with van der Waals surface area (Å²) in [7, 11) is 0. The zero-order valence-corrected chi connectivity index (χ0v) is 15.0. The van der Waals surface area contributed by atoms with Crippen molar-refractivity contribution < 1.29 is 4.74 Å². The van der Waals surface area contributed by atoms with Crippen LogP contribution in [0.15, 0.2) is 39.9 Å². The van der Waals surface area contributed by atoms with Crippen LogP contribution in [0.5, 0.6) is 11.6 Å². The molecule has 0 fully saturated rings. The normalized spacial score (nSPS) is 14.2. The van der Waals surface area contributed by atoms with Crippen LogP contribution in [-0.4, -0.2) is 9.55 Å². The number of hydrogen-bond donors (Lipinski definition) is 1. The molecule has 0 saturated heterocycles. The van der Waals surface area contributed by atoms with E-state index < -0.39 is 5.69 Å². The van der Waals surface area contributed by atoms with E-state index in [1.54, 1.807) is 0 Å². The zero-order chi connectivity index (χ0) is 18.0. The van der Waals surface area contributed by atoms with Crippen LogP contribution in [-0.2, 0) is 13.0 Å². The van der Waals surface area contributed by atoms with Gasteiger partial charge in [-0.25, -0.2) is 4.79 Å². The molecule has 0 unspecified atom stereocenters. The second kappa shape index (κ2) is 7.13. The summed E-state index contributed by atoms with van der Waals surface area (Å²) >= 11 is 0. The number of aromatic nitrogens is 2. The van der Waals surface area contributed by atoms with Gasteiger partial charge in [0.15, 0.2) is 0 Å². The molecule has 1 aliphatic carbocycles. The first-order valence-corrected chi connectivity index (χ1v) is 8.75. The maximum Gasteiger partial charge on any atom is 0.331 e. The molecule has 0 amide bonds. The lowest BCUT2D eigenvalue weighted by Crippen LogP contribution is -2.39. The topological polar surface area (TPSA) is 64.1 Å². The molecule has 2 aromatic rings. The van der Waals surface area contributed by atoms with Crippen LogP contribution in [0.2, 0.25) is 0 Å². The monoisotopic (exact) mass is 340 g/mol. The minimum Gasteiger partial charge on any atom is -0.440 e. The Morgan fingerprint density at radius 3 is 2.36 bits per heavy atom. The number of rotatable bonds is 5. The van der Waals surface area contributed by atoms with E-state index in [0.29, 0.717) is 30.2 Å². The Labute approximate surface area is 147 Å². The van der Waals surface area contributed by atoms with Crippen molar-refractivity contribution in [2.45, 2.75) is 46.6 Å². The maximum atomic E-state index is 12.8. The summed E-state index contributed by atoms with van der Waals surface area (Å²) in [4.78, 5) is 28.0. The van der Waals surface area contributed by atoms with Crippen molar-refractivity contribution in [2.75, 3.05) is 0 Å². The van der Waals surface area contributed by atoms with Crippen LogP contribution < -0.4 is 16.0 Å². The van der Waals surface area contributed by atoms with Crippen molar-refractivity contribution in [1.29, 1.82) is 0 Å². The minimum atomic E-state index is -0.409. The molecule has 0 saturated carbocycles. The largest absolute Gasteiger partial charge is 0.440 e. The SMILES string of the molecule is CCc1c(Oc2cc(C)cc(C)c2)[nH]c(=O)n(CC2CC=CC2)c1=O. The first-order valence-electron chi connectivity index (χ1n) is 8.75. The Balaban J connectivity index is 1.97. The van der Waals surface area contributed by atoms with E-state index in [4.69, 9.17) is 4.74 Å². The second-order valence-electron chi connectivity index (χ2n) is 6.74. The van der Waals surface area contributed by atoms with E-state index in [0.717, 1.165) is 24.0 Å². The fourth-order valence-electron chi connectivity index (χ4n) is 3.35. The van der Waals surface area contributed by atoms with Gasteiger partial charge >= 0.3 is 5.69 Å². The molecule has 132 valence electrons. The number of benzene rings is 1. The molecule has 0 radical (unpaired) electrons. The van der Waals surface area contributed by atoms with E-state index in [9.17, 15) is 9.59 Å². The quantitative estimate of drug-likeness (QED) is 0.848. The molecule has 1 aromatic carbocycles. The highest BCUT2D eigenvalue weighted by molar-refractivity contribution is 5.37. The van der Waals surface area contributed by atoms with Gasteiger partial charge in [-0.05, 0) is 62.3 Å². The molecule has 5 heteroatoms. The fraction of sp³-hybridized carbons (Fsp3) is 0.400. The molecule has 1 heterocycles. The summed E-state index contributed by atoms with van der Waals surface area (Å²) in [6, 6.07) is 5.82. The van der Waals surface area contributed by atoms with E-state index in [-0.39, 0.29) is 11.4 Å². The van der Waals surface area contributed by atoms with E-state index >= 15 is 0 Å². The van der Waals surface area contributed by atoms with Crippen LogP contribution in [0.25, 0.3) is 0 Å². The summed E-state index contributed by atoms with van der Waals surface area (Å²) < 4.78 is 7.18. The van der Waals surface area contributed by atoms with Gasteiger partial charge in [0.1, 0.15) is 5.75 Å². The van der Waals surface area contributed by atoms with Crippen molar-refractivity contribution in [2.24, 2.45) is 5.92 Å². The Morgan fingerprint density at radius 1 is 1.12 bits per heavy atom. The standard InChI is InChI=1S/C20H24N2O3/c1-4-17-18(25-16-10-13(2)9-14(3)11-16)21-20(24)22(19(17)23)12-15-7-5-6-8-15/h5-6,9-11,15H,4,7-8,12H2,1-3H3,(H,21,24). The highest BCUT2D eigenvalue weighted by atomic mass is 16.5. The highest BCUT2D eigenvalue weighted by Crippen LogP contribution is 2.24. The molecule has 1 N–H and O–H groups in total. The van der Waals surface area contributed by atoms with Gasteiger partial charge in [-0.15, -0.1) is 0 Å². The summed E-state index contributed by atoms with van der Waals surface area (Å²) in [6.45, 7) is 6.30. The first-order chi connectivity index (χ1) is 12.0. The summed E-state index contributed by atoms with van der Waals surface area (Å²) in [5.41, 5.74) is 1.98. The molecule has 1 aliphatic rings. The average Bonchev–Trinajstić information content (AvgIpc) is 3.04. The summed E-state index contributed by atoms with van der Waals surface area (Å²) in [5.74, 6) is 1.19. The van der Waals surface area contributed by atoms with Crippen molar-refractivity contribution in [3.05, 3.63) is 67.9 Å². The molecular weight excluding hydrogens is 316 g/mol. The van der Waals surface area contributed by atoms with Crippen LogP contribution in [0, 0.1) is 19.8 Å². The summed E-state index contributed by atoms with van der Waals surface area (Å²) in [6.07, 6.45) is 6.52. The number of aryl methyl sites for hydroxylation is 2. The molecule has 1 aromatic heterocycles.